The van der Waals surface area contributed by atoms with E-state index in [9.17, 15) is 4.79 Å². The van der Waals surface area contributed by atoms with E-state index in [-0.39, 0.29) is 12.3 Å². The van der Waals surface area contributed by atoms with Crippen molar-refractivity contribution in [1.82, 2.24) is 9.55 Å². The minimum Gasteiger partial charge on any atom is -0.494 e. The van der Waals surface area contributed by atoms with E-state index in [2.05, 4.69) is 4.98 Å². The Morgan fingerprint density at radius 1 is 1.53 bits per heavy atom. The number of hydrogen-bond donors (Lipinski definition) is 2. The number of primary amides is 1. The molecule has 1 amide bonds. The number of nitrogens with two attached hydrogens (primary N) is 2. The van der Waals surface area contributed by atoms with Gasteiger partial charge in [0.05, 0.1) is 12.6 Å². The van der Waals surface area contributed by atoms with Gasteiger partial charge in [-0.3, -0.25) is 4.79 Å². The molecule has 90 valence electrons. The molecule has 0 spiro atoms. The molecule has 0 radical (unpaired) electrons. The van der Waals surface area contributed by atoms with E-state index in [1.54, 1.807) is 11.7 Å². The quantitative estimate of drug-likeness (QED) is 0.805. The molecule has 2 rings (SSSR count). The van der Waals surface area contributed by atoms with Gasteiger partial charge in [-0.25, -0.2) is 4.98 Å². The lowest BCUT2D eigenvalue weighted by Crippen LogP contribution is -2.14. The van der Waals surface area contributed by atoms with Crippen LogP contribution in [0, 0.1) is 0 Å². The number of para-hydroxylation sites is 1. The standard InChI is InChI=1S/C11H14N4O2/c1-17-8-4-2-3-7-10(8)14-11(13)15(7)6-5-9(12)16/h2-4H,5-6H2,1H3,(H2,12,16)(H2,13,14). The molecule has 0 unspecified atom stereocenters. The second-order valence-electron chi connectivity index (χ2n) is 3.67. The Morgan fingerprint density at radius 3 is 2.94 bits per heavy atom. The summed E-state index contributed by atoms with van der Waals surface area (Å²) in [7, 11) is 1.58. The highest BCUT2D eigenvalue weighted by Gasteiger charge is 2.12. The number of aromatic nitrogens is 2. The molecule has 4 N–H and O–H groups in total. The lowest BCUT2D eigenvalue weighted by Gasteiger charge is -2.05. The smallest absolute Gasteiger partial charge is 0.219 e. The van der Waals surface area contributed by atoms with Crippen LogP contribution in [0.4, 0.5) is 5.95 Å². The lowest BCUT2D eigenvalue weighted by atomic mass is 10.3. The van der Waals surface area contributed by atoms with E-state index in [0.717, 1.165) is 5.52 Å². The van der Waals surface area contributed by atoms with E-state index in [0.29, 0.717) is 23.8 Å². The first-order chi connectivity index (χ1) is 8.13. The highest BCUT2D eigenvalue weighted by atomic mass is 16.5. The number of methoxy groups -OCH3 is 1. The van der Waals surface area contributed by atoms with E-state index in [1.165, 1.54) is 0 Å². The van der Waals surface area contributed by atoms with Gasteiger partial charge in [0.25, 0.3) is 0 Å². The maximum Gasteiger partial charge on any atom is 0.219 e. The Balaban J connectivity index is 2.48. The number of ether oxygens (including phenoxy) is 1. The molecule has 1 aromatic carbocycles. The molecular formula is C11H14N4O2. The van der Waals surface area contributed by atoms with Crippen molar-refractivity contribution in [2.45, 2.75) is 13.0 Å². The molecule has 6 nitrogen and oxygen atoms in total. The number of fused-ring (bicyclic) bond motifs is 1. The predicted octanol–water partition coefficient (Wildman–Crippen LogP) is 0.502. The summed E-state index contributed by atoms with van der Waals surface area (Å²) in [6.45, 7) is 0.421. The summed E-state index contributed by atoms with van der Waals surface area (Å²) in [6.07, 6.45) is 0.229. The van der Waals surface area contributed by atoms with Crippen molar-refractivity contribution < 1.29 is 9.53 Å². The van der Waals surface area contributed by atoms with Crippen LogP contribution in [0.2, 0.25) is 0 Å². The Labute approximate surface area is 98.2 Å². The van der Waals surface area contributed by atoms with Crippen LogP contribution in [0.5, 0.6) is 5.75 Å². The van der Waals surface area contributed by atoms with E-state index >= 15 is 0 Å². The molecule has 1 aromatic heterocycles. The average Bonchev–Trinajstić information content (AvgIpc) is 2.62. The number of amides is 1. The first-order valence-corrected chi connectivity index (χ1v) is 5.20. The maximum atomic E-state index is 10.8. The molecule has 0 aliphatic rings. The van der Waals surface area contributed by atoms with Crippen LogP contribution in [0.15, 0.2) is 18.2 Å². The molecule has 0 saturated carbocycles. The normalized spacial score (nSPS) is 10.6. The van der Waals surface area contributed by atoms with Gasteiger partial charge >= 0.3 is 0 Å². The minimum atomic E-state index is -0.367. The van der Waals surface area contributed by atoms with Crippen LogP contribution in [-0.2, 0) is 11.3 Å². The van der Waals surface area contributed by atoms with Crippen LogP contribution in [0.1, 0.15) is 6.42 Å². The zero-order valence-electron chi connectivity index (χ0n) is 9.51. The van der Waals surface area contributed by atoms with Crippen molar-refractivity contribution in [3.8, 4) is 5.75 Å². The maximum absolute atomic E-state index is 10.8. The summed E-state index contributed by atoms with van der Waals surface area (Å²) in [5.74, 6) is 0.645. The van der Waals surface area contributed by atoms with Crippen molar-refractivity contribution >= 4 is 22.9 Å². The van der Waals surface area contributed by atoms with Crippen molar-refractivity contribution in [1.29, 1.82) is 0 Å². The zero-order chi connectivity index (χ0) is 12.4. The van der Waals surface area contributed by atoms with E-state index in [1.807, 2.05) is 18.2 Å². The number of rotatable bonds is 4. The van der Waals surface area contributed by atoms with Gasteiger partial charge in [0, 0.05) is 13.0 Å². The van der Waals surface area contributed by atoms with Gasteiger partial charge in [0.2, 0.25) is 11.9 Å². The summed E-state index contributed by atoms with van der Waals surface area (Å²) in [5.41, 5.74) is 12.5. The average molecular weight is 234 g/mol. The molecule has 0 bridgehead atoms. The fourth-order valence-electron chi connectivity index (χ4n) is 1.76. The van der Waals surface area contributed by atoms with Crippen LogP contribution in [0.3, 0.4) is 0 Å². The van der Waals surface area contributed by atoms with Gasteiger partial charge < -0.3 is 20.8 Å². The summed E-state index contributed by atoms with van der Waals surface area (Å²) in [5, 5.41) is 0. The number of nitrogen functional groups attached to an aromatic ring is 1. The monoisotopic (exact) mass is 234 g/mol. The molecule has 0 saturated heterocycles. The second kappa shape index (κ2) is 4.32. The number of aryl methyl sites for hydroxylation is 1. The molecule has 1 heterocycles. The topological polar surface area (TPSA) is 96.2 Å². The third-order valence-electron chi connectivity index (χ3n) is 2.57. The SMILES string of the molecule is COc1cccc2c1nc(N)n2CCC(N)=O. The first kappa shape index (κ1) is 11.3. The third kappa shape index (κ3) is 2.01. The van der Waals surface area contributed by atoms with Gasteiger partial charge in [-0.1, -0.05) is 6.07 Å². The number of imidazole rings is 1. The highest BCUT2D eigenvalue weighted by molar-refractivity contribution is 5.84. The van der Waals surface area contributed by atoms with Crippen LogP contribution >= 0.6 is 0 Å². The molecule has 6 heteroatoms. The van der Waals surface area contributed by atoms with E-state index < -0.39 is 0 Å². The molecular weight excluding hydrogens is 220 g/mol. The Morgan fingerprint density at radius 2 is 2.29 bits per heavy atom. The summed E-state index contributed by atoms with van der Waals surface area (Å²) in [4.78, 5) is 15.0. The van der Waals surface area contributed by atoms with Gasteiger partial charge in [-0.2, -0.15) is 0 Å². The Hall–Kier alpha value is -2.24. The van der Waals surface area contributed by atoms with Crippen molar-refractivity contribution in [3.63, 3.8) is 0 Å². The van der Waals surface area contributed by atoms with Crippen LogP contribution < -0.4 is 16.2 Å². The molecule has 0 aliphatic carbocycles. The van der Waals surface area contributed by atoms with Gasteiger partial charge in [0.15, 0.2) is 0 Å². The summed E-state index contributed by atoms with van der Waals surface area (Å²) < 4.78 is 6.95. The minimum absolute atomic E-state index is 0.229. The summed E-state index contributed by atoms with van der Waals surface area (Å²) >= 11 is 0. The fraction of sp³-hybridized carbons (Fsp3) is 0.273. The fourth-order valence-corrected chi connectivity index (χ4v) is 1.76. The molecule has 2 aromatic rings. The van der Waals surface area contributed by atoms with Gasteiger partial charge in [-0.15, -0.1) is 0 Å². The lowest BCUT2D eigenvalue weighted by molar-refractivity contribution is -0.118. The summed E-state index contributed by atoms with van der Waals surface area (Å²) in [6, 6.07) is 5.54. The first-order valence-electron chi connectivity index (χ1n) is 5.20. The zero-order valence-corrected chi connectivity index (χ0v) is 9.51. The molecule has 0 aliphatic heterocycles. The number of hydrogen-bond acceptors (Lipinski definition) is 4. The number of carbonyl (C=O) groups is 1. The van der Waals surface area contributed by atoms with E-state index in [4.69, 9.17) is 16.2 Å². The highest BCUT2D eigenvalue weighted by Crippen LogP contribution is 2.26. The Kier molecular flexibility index (Phi) is 2.86. The molecule has 0 fully saturated rings. The van der Waals surface area contributed by atoms with Crippen molar-refractivity contribution in [2.24, 2.45) is 5.73 Å². The Bertz CT molecular complexity index is 562. The van der Waals surface area contributed by atoms with Crippen molar-refractivity contribution in [3.05, 3.63) is 18.2 Å². The third-order valence-corrected chi connectivity index (χ3v) is 2.57. The molecule has 0 atom stereocenters. The number of carbonyl (C=O) groups excluding carboxylic acids is 1. The predicted molar refractivity (Wildman–Crippen MR) is 64.5 cm³/mol. The van der Waals surface area contributed by atoms with Crippen LogP contribution in [-0.4, -0.2) is 22.6 Å². The number of nitrogens with zero attached hydrogens (tertiary/aromatic N) is 2. The van der Waals surface area contributed by atoms with Gasteiger partial charge in [0.1, 0.15) is 11.3 Å². The van der Waals surface area contributed by atoms with Crippen molar-refractivity contribution in [2.75, 3.05) is 12.8 Å². The van der Waals surface area contributed by atoms with Gasteiger partial charge in [-0.05, 0) is 12.1 Å². The molecule has 17 heavy (non-hydrogen) atoms. The largest absolute Gasteiger partial charge is 0.494 e. The van der Waals surface area contributed by atoms with Crippen LogP contribution in [0.25, 0.3) is 11.0 Å². The number of anilines is 1. The number of benzene rings is 1. The second-order valence-corrected chi connectivity index (χ2v) is 3.67.